The Kier molecular flexibility index (Phi) is 3.90. The van der Waals surface area contributed by atoms with Crippen LogP contribution in [-0.4, -0.2) is 27.4 Å². The summed E-state index contributed by atoms with van der Waals surface area (Å²) in [5.74, 6) is 0.716. The fraction of sp³-hybridized carbons (Fsp3) is 0.250. The van der Waals surface area contributed by atoms with Crippen LogP contribution in [0, 0.1) is 0 Å². The summed E-state index contributed by atoms with van der Waals surface area (Å²) in [6.07, 6.45) is 6.64. The van der Waals surface area contributed by atoms with E-state index >= 15 is 0 Å². The molecular formula is C12H15N5O. The number of nitrogen functional groups attached to an aromatic ring is 1. The average Bonchev–Trinajstić information content (AvgIpc) is 2.87. The summed E-state index contributed by atoms with van der Waals surface area (Å²) in [6, 6.07) is 3.20. The van der Waals surface area contributed by atoms with Crippen molar-refractivity contribution in [1.82, 2.24) is 20.3 Å². The zero-order valence-corrected chi connectivity index (χ0v) is 9.89. The van der Waals surface area contributed by atoms with Crippen molar-refractivity contribution in [3.8, 4) is 0 Å². The number of carbonyl (C=O) groups excluding carboxylic acids is 1. The van der Waals surface area contributed by atoms with Crippen LogP contribution >= 0.6 is 0 Å². The van der Waals surface area contributed by atoms with E-state index in [4.69, 9.17) is 5.73 Å². The normalized spacial score (nSPS) is 10.2. The molecule has 0 aliphatic rings. The number of nitrogens with two attached hydrogens (primary N) is 1. The lowest BCUT2D eigenvalue weighted by Crippen LogP contribution is -2.25. The maximum absolute atomic E-state index is 11.7. The van der Waals surface area contributed by atoms with E-state index in [9.17, 15) is 4.79 Å². The smallest absolute Gasteiger partial charge is 0.269 e. The van der Waals surface area contributed by atoms with Crippen molar-refractivity contribution in [2.75, 3.05) is 12.3 Å². The molecule has 0 saturated heterocycles. The number of rotatable bonds is 5. The van der Waals surface area contributed by atoms with Crippen LogP contribution in [0.2, 0.25) is 0 Å². The van der Waals surface area contributed by atoms with Crippen molar-refractivity contribution in [2.45, 2.75) is 12.8 Å². The van der Waals surface area contributed by atoms with E-state index in [-0.39, 0.29) is 5.91 Å². The second kappa shape index (κ2) is 5.81. The molecule has 6 heteroatoms. The fourth-order valence-electron chi connectivity index (χ4n) is 1.55. The lowest BCUT2D eigenvalue weighted by Gasteiger charge is -2.04. The Balaban J connectivity index is 1.75. The number of aryl methyl sites for hydroxylation is 1. The van der Waals surface area contributed by atoms with Gasteiger partial charge in [-0.05, 0) is 18.6 Å². The van der Waals surface area contributed by atoms with E-state index in [0.717, 1.165) is 18.7 Å². The molecule has 0 radical (unpaired) electrons. The van der Waals surface area contributed by atoms with Gasteiger partial charge in [-0.25, -0.2) is 4.98 Å². The molecule has 0 aliphatic carbocycles. The van der Waals surface area contributed by atoms with Gasteiger partial charge in [-0.3, -0.25) is 9.78 Å². The van der Waals surface area contributed by atoms with Crippen LogP contribution in [-0.2, 0) is 6.42 Å². The number of imidazole rings is 1. The monoisotopic (exact) mass is 245 g/mol. The second-order valence-electron chi connectivity index (χ2n) is 3.87. The number of aromatic amines is 1. The van der Waals surface area contributed by atoms with Crippen molar-refractivity contribution in [2.24, 2.45) is 0 Å². The summed E-state index contributed by atoms with van der Waals surface area (Å²) in [5, 5.41) is 2.79. The molecule has 0 spiro atoms. The minimum absolute atomic E-state index is 0.207. The van der Waals surface area contributed by atoms with Crippen LogP contribution in [0.4, 0.5) is 5.69 Å². The van der Waals surface area contributed by atoms with E-state index in [1.165, 1.54) is 6.20 Å². The Morgan fingerprint density at radius 2 is 2.28 bits per heavy atom. The molecule has 2 aromatic heterocycles. The molecule has 6 nitrogen and oxygen atoms in total. The van der Waals surface area contributed by atoms with Crippen molar-refractivity contribution in [3.05, 3.63) is 42.2 Å². The highest BCUT2D eigenvalue weighted by atomic mass is 16.1. The molecule has 0 saturated carbocycles. The van der Waals surface area contributed by atoms with Gasteiger partial charge in [0.15, 0.2) is 0 Å². The number of hydrogen-bond donors (Lipinski definition) is 3. The highest BCUT2D eigenvalue weighted by Crippen LogP contribution is 2.02. The lowest BCUT2D eigenvalue weighted by atomic mass is 10.2. The first kappa shape index (κ1) is 12.1. The topological polar surface area (TPSA) is 96.7 Å². The lowest BCUT2D eigenvalue weighted by molar-refractivity contribution is 0.0948. The first-order chi connectivity index (χ1) is 8.75. The van der Waals surface area contributed by atoms with Gasteiger partial charge >= 0.3 is 0 Å². The van der Waals surface area contributed by atoms with Crippen LogP contribution in [0.15, 0.2) is 30.7 Å². The van der Waals surface area contributed by atoms with Crippen molar-refractivity contribution in [1.29, 1.82) is 0 Å². The number of carbonyl (C=O) groups is 1. The third-order valence-electron chi connectivity index (χ3n) is 2.45. The van der Waals surface area contributed by atoms with E-state index in [0.29, 0.717) is 17.9 Å². The van der Waals surface area contributed by atoms with Crippen LogP contribution in [0.25, 0.3) is 0 Å². The molecule has 0 atom stereocenters. The number of hydrogen-bond acceptors (Lipinski definition) is 4. The zero-order valence-electron chi connectivity index (χ0n) is 9.89. The third-order valence-corrected chi connectivity index (χ3v) is 2.45. The van der Waals surface area contributed by atoms with E-state index < -0.39 is 0 Å². The maximum Gasteiger partial charge on any atom is 0.269 e. The zero-order chi connectivity index (χ0) is 12.8. The number of nitrogens with zero attached hydrogens (tertiary/aromatic N) is 2. The van der Waals surface area contributed by atoms with Gasteiger partial charge in [0, 0.05) is 37.2 Å². The Labute approximate surface area is 105 Å². The van der Waals surface area contributed by atoms with E-state index in [2.05, 4.69) is 20.3 Å². The summed E-state index contributed by atoms with van der Waals surface area (Å²) < 4.78 is 0. The van der Waals surface area contributed by atoms with Gasteiger partial charge in [-0.2, -0.15) is 0 Å². The number of aromatic nitrogens is 3. The number of anilines is 1. The molecule has 2 rings (SSSR count). The number of nitrogens with one attached hydrogen (secondary N) is 2. The Morgan fingerprint density at radius 1 is 1.39 bits per heavy atom. The molecule has 2 aromatic rings. The standard InChI is InChI=1S/C12H15N5O/c13-9-3-5-14-10(8-9)12(18)17-4-1-2-11-15-6-7-16-11/h3,5-8H,1-2,4H2,(H2,13,14)(H,15,16)(H,17,18). The summed E-state index contributed by atoms with van der Waals surface area (Å²) in [6.45, 7) is 0.579. The van der Waals surface area contributed by atoms with Gasteiger partial charge in [0.2, 0.25) is 0 Å². The molecule has 94 valence electrons. The van der Waals surface area contributed by atoms with Gasteiger partial charge in [-0.15, -0.1) is 0 Å². The fourth-order valence-corrected chi connectivity index (χ4v) is 1.55. The predicted octanol–water partition coefficient (Wildman–Crippen LogP) is 0.749. The summed E-state index contributed by atoms with van der Waals surface area (Å²) >= 11 is 0. The minimum Gasteiger partial charge on any atom is -0.399 e. The Bertz CT molecular complexity index is 509. The molecule has 0 aromatic carbocycles. The molecule has 0 unspecified atom stereocenters. The molecule has 2 heterocycles. The molecule has 1 amide bonds. The second-order valence-corrected chi connectivity index (χ2v) is 3.87. The summed E-state index contributed by atoms with van der Waals surface area (Å²) in [7, 11) is 0. The first-order valence-electron chi connectivity index (χ1n) is 5.73. The van der Waals surface area contributed by atoms with Gasteiger partial charge in [0.25, 0.3) is 5.91 Å². The van der Waals surface area contributed by atoms with Gasteiger partial charge in [0.1, 0.15) is 11.5 Å². The molecule has 0 aliphatic heterocycles. The van der Waals surface area contributed by atoms with Crippen molar-refractivity contribution in [3.63, 3.8) is 0 Å². The van der Waals surface area contributed by atoms with Crippen LogP contribution in [0.1, 0.15) is 22.7 Å². The highest BCUT2D eigenvalue weighted by Gasteiger charge is 2.06. The van der Waals surface area contributed by atoms with Gasteiger partial charge in [-0.1, -0.05) is 0 Å². The maximum atomic E-state index is 11.7. The Hall–Kier alpha value is -2.37. The number of H-pyrrole nitrogens is 1. The Morgan fingerprint density at radius 3 is 3.00 bits per heavy atom. The first-order valence-corrected chi connectivity index (χ1v) is 5.73. The average molecular weight is 245 g/mol. The molecular weight excluding hydrogens is 230 g/mol. The predicted molar refractivity (Wildman–Crippen MR) is 67.9 cm³/mol. The van der Waals surface area contributed by atoms with Gasteiger partial charge < -0.3 is 16.0 Å². The third kappa shape index (κ3) is 3.31. The van der Waals surface area contributed by atoms with Crippen molar-refractivity contribution >= 4 is 11.6 Å². The minimum atomic E-state index is -0.207. The van der Waals surface area contributed by atoms with Crippen LogP contribution in [0.3, 0.4) is 0 Å². The molecule has 18 heavy (non-hydrogen) atoms. The van der Waals surface area contributed by atoms with Gasteiger partial charge in [0.05, 0.1) is 0 Å². The van der Waals surface area contributed by atoms with E-state index in [1.54, 1.807) is 24.5 Å². The molecule has 4 N–H and O–H groups in total. The largest absolute Gasteiger partial charge is 0.399 e. The van der Waals surface area contributed by atoms with E-state index in [1.807, 2.05) is 0 Å². The SMILES string of the molecule is Nc1ccnc(C(=O)NCCCc2ncc[nH]2)c1. The number of amides is 1. The highest BCUT2D eigenvalue weighted by molar-refractivity contribution is 5.92. The summed E-state index contributed by atoms with van der Waals surface area (Å²) in [5.41, 5.74) is 6.46. The van der Waals surface area contributed by atoms with Crippen LogP contribution in [0.5, 0.6) is 0 Å². The number of pyridine rings is 1. The summed E-state index contributed by atoms with van der Waals surface area (Å²) in [4.78, 5) is 22.8. The quantitative estimate of drug-likeness (QED) is 0.677. The molecule has 0 fully saturated rings. The van der Waals surface area contributed by atoms with Crippen molar-refractivity contribution < 1.29 is 4.79 Å². The van der Waals surface area contributed by atoms with Crippen LogP contribution < -0.4 is 11.1 Å². The molecule has 0 bridgehead atoms.